The first kappa shape index (κ1) is 11.9. The molecule has 3 heteroatoms. The summed E-state index contributed by atoms with van der Waals surface area (Å²) in [4.78, 5) is 14.2. The monoisotopic (exact) mass is 224 g/mol. The molecule has 1 heterocycles. The molecular weight excluding hydrogens is 200 g/mol. The lowest BCUT2D eigenvalue weighted by Gasteiger charge is -2.42. The summed E-state index contributed by atoms with van der Waals surface area (Å²) < 4.78 is 0. The third-order valence-corrected chi connectivity index (χ3v) is 4.15. The minimum atomic E-state index is 0.0141. The van der Waals surface area contributed by atoms with Gasteiger partial charge in [-0.2, -0.15) is 0 Å². The van der Waals surface area contributed by atoms with Crippen molar-refractivity contribution in [2.24, 2.45) is 5.41 Å². The van der Waals surface area contributed by atoms with Gasteiger partial charge in [-0.05, 0) is 31.6 Å². The number of hydrogen-bond donors (Lipinski definition) is 1. The van der Waals surface area contributed by atoms with Crippen molar-refractivity contribution in [1.82, 2.24) is 10.2 Å². The van der Waals surface area contributed by atoms with Crippen LogP contribution in [0.5, 0.6) is 0 Å². The lowest BCUT2D eigenvalue weighted by atomic mass is 9.70. The van der Waals surface area contributed by atoms with E-state index in [1.165, 1.54) is 19.3 Å². The van der Waals surface area contributed by atoms with Gasteiger partial charge in [0.25, 0.3) is 0 Å². The van der Waals surface area contributed by atoms with Gasteiger partial charge in [0.1, 0.15) is 0 Å². The van der Waals surface area contributed by atoms with Crippen LogP contribution in [0.1, 0.15) is 52.9 Å². The van der Waals surface area contributed by atoms with E-state index in [1.807, 2.05) is 6.92 Å². The van der Waals surface area contributed by atoms with Gasteiger partial charge in [-0.1, -0.05) is 26.7 Å². The molecule has 0 spiro atoms. The molecule has 0 aromatic rings. The van der Waals surface area contributed by atoms with Gasteiger partial charge in [-0.15, -0.1) is 0 Å². The second-order valence-corrected chi connectivity index (χ2v) is 5.82. The zero-order valence-electron chi connectivity index (χ0n) is 10.8. The van der Waals surface area contributed by atoms with Crippen LogP contribution in [-0.2, 0) is 4.79 Å². The highest BCUT2D eigenvalue weighted by molar-refractivity contribution is 5.83. The van der Waals surface area contributed by atoms with Gasteiger partial charge in [0.2, 0.25) is 5.91 Å². The summed E-state index contributed by atoms with van der Waals surface area (Å²) >= 11 is 0. The molecule has 1 amide bonds. The summed E-state index contributed by atoms with van der Waals surface area (Å²) in [5, 5.41) is 3.40. The number of nitrogens with zero attached hydrogens (tertiary/aromatic N) is 1. The Labute approximate surface area is 98.6 Å². The molecule has 2 aliphatic rings. The van der Waals surface area contributed by atoms with Gasteiger partial charge in [-0.3, -0.25) is 10.1 Å². The van der Waals surface area contributed by atoms with Crippen molar-refractivity contribution in [2.45, 2.75) is 65.1 Å². The van der Waals surface area contributed by atoms with E-state index in [4.69, 9.17) is 0 Å². The number of nitrogens with one attached hydrogen (secondary N) is 1. The van der Waals surface area contributed by atoms with E-state index in [9.17, 15) is 4.79 Å². The Morgan fingerprint density at radius 2 is 2.19 bits per heavy atom. The average Bonchev–Trinajstić information content (AvgIpc) is 2.44. The molecule has 0 radical (unpaired) electrons. The Morgan fingerprint density at radius 1 is 1.50 bits per heavy atom. The highest BCUT2D eigenvalue weighted by Crippen LogP contribution is 2.41. The highest BCUT2D eigenvalue weighted by Gasteiger charge is 2.41. The smallest absolute Gasteiger partial charge is 0.240 e. The predicted molar refractivity (Wildman–Crippen MR) is 65.0 cm³/mol. The normalized spacial score (nSPS) is 32.9. The molecule has 0 bridgehead atoms. The zero-order chi connectivity index (χ0) is 11.8. The molecule has 2 atom stereocenters. The summed E-state index contributed by atoms with van der Waals surface area (Å²) in [6.45, 7) is 7.43. The van der Waals surface area contributed by atoms with Crippen molar-refractivity contribution in [3.05, 3.63) is 0 Å². The minimum absolute atomic E-state index is 0.0141. The molecule has 2 rings (SSSR count). The molecule has 2 unspecified atom stereocenters. The Bertz CT molecular complexity index is 273. The molecule has 1 saturated carbocycles. The fourth-order valence-electron chi connectivity index (χ4n) is 2.90. The van der Waals surface area contributed by atoms with Crippen LogP contribution in [0.4, 0.5) is 0 Å². The van der Waals surface area contributed by atoms with Crippen molar-refractivity contribution < 1.29 is 4.79 Å². The van der Waals surface area contributed by atoms with Crippen molar-refractivity contribution in [3.63, 3.8) is 0 Å². The maximum absolute atomic E-state index is 12.1. The van der Waals surface area contributed by atoms with Crippen LogP contribution in [0.25, 0.3) is 0 Å². The standard InChI is InChI=1S/C13H24N2O/c1-4-6-11-14-10(2)12(16)15(11)9-13(3)7-5-8-13/h10-11,14H,4-9H2,1-3H3. The van der Waals surface area contributed by atoms with Gasteiger partial charge in [-0.25, -0.2) is 0 Å². The molecule has 16 heavy (non-hydrogen) atoms. The second-order valence-electron chi connectivity index (χ2n) is 5.82. The van der Waals surface area contributed by atoms with E-state index < -0.39 is 0 Å². The van der Waals surface area contributed by atoms with Crippen LogP contribution in [-0.4, -0.2) is 29.6 Å². The van der Waals surface area contributed by atoms with E-state index in [-0.39, 0.29) is 12.2 Å². The van der Waals surface area contributed by atoms with E-state index in [0.717, 1.165) is 19.4 Å². The fraction of sp³-hybridized carbons (Fsp3) is 0.923. The van der Waals surface area contributed by atoms with Crippen LogP contribution in [0.3, 0.4) is 0 Å². The number of carbonyl (C=O) groups is 1. The van der Waals surface area contributed by atoms with Gasteiger partial charge < -0.3 is 4.90 Å². The van der Waals surface area contributed by atoms with Gasteiger partial charge in [0, 0.05) is 6.54 Å². The first-order valence-corrected chi connectivity index (χ1v) is 6.62. The summed E-state index contributed by atoms with van der Waals surface area (Å²) in [6, 6.07) is 0.0141. The SMILES string of the molecule is CCCC1NC(C)C(=O)N1CC1(C)CCC1. The van der Waals surface area contributed by atoms with Crippen molar-refractivity contribution >= 4 is 5.91 Å². The maximum atomic E-state index is 12.1. The van der Waals surface area contributed by atoms with Crippen molar-refractivity contribution in [1.29, 1.82) is 0 Å². The second kappa shape index (κ2) is 4.36. The van der Waals surface area contributed by atoms with Crippen molar-refractivity contribution in [2.75, 3.05) is 6.54 Å². The average molecular weight is 224 g/mol. The van der Waals surface area contributed by atoms with Crippen LogP contribution >= 0.6 is 0 Å². The Hall–Kier alpha value is -0.570. The molecule has 1 aliphatic heterocycles. The van der Waals surface area contributed by atoms with Gasteiger partial charge in [0.15, 0.2) is 0 Å². The third kappa shape index (κ3) is 2.10. The molecule has 0 aromatic heterocycles. The maximum Gasteiger partial charge on any atom is 0.240 e. The lowest BCUT2D eigenvalue weighted by molar-refractivity contribution is -0.132. The quantitative estimate of drug-likeness (QED) is 0.793. The summed E-state index contributed by atoms with van der Waals surface area (Å²) in [5.74, 6) is 0.298. The van der Waals surface area contributed by atoms with Crippen LogP contribution in [0.2, 0.25) is 0 Å². The molecule has 3 nitrogen and oxygen atoms in total. The molecule has 2 fully saturated rings. The van der Waals surface area contributed by atoms with Crippen molar-refractivity contribution in [3.8, 4) is 0 Å². The van der Waals surface area contributed by atoms with Gasteiger partial charge in [0.05, 0.1) is 12.2 Å². The Kier molecular flexibility index (Phi) is 3.24. The highest BCUT2D eigenvalue weighted by atomic mass is 16.2. The number of amides is 1. The lowest BCUT2D eigenvalue weighted by Crippen LogP contribution is -2.46. The third-order valence-electron chi connectivity index (χ3n) is 4.15. The molecule has 1 aliphatic carbocycles. The number of carbonyl (C=O) groups excluding carboxylic acids is 1. The topological polar surface area (TPSA) is 32.3 Å². The molecule has 1 saturated heterocycles. The molecule has 1 N–H and O–H groups in total. The Balaban J connectivity index is 2.01. The molecule has 92 valence electrons. The summed E-state index contributed by atoms with van der Waals surface area (Å²) in [6.07, 6.45) is 6.38. The number of rotatable bonds is 4. The zero-order valence-corrected chi connectivity index (χ0v) is 10.8. The van der Waals surface area contributed by atoms with E-state index in [1.54, 1.807) is 0 Å². The first-order chi connectivity index (χ1) is 7.56. The largest absolute Gasteiger partial charge is 0.325 e. The van der Waals surface area contributed by atoms with E-state index in [0.29, 0.717) is 11.3 Å². The number of hydrogen-bond acceptors (Lipinski definition) is 2. The fourth-order valence-corrected chi connectivity index (χ4v) is 2.90. The summed E-state index contributed by atoms with van der Waals surface area (Å²) in [7, 11) is 0. The minimum Gasteiger partial charge on any atom is -0.325 e. The van der Waals surface area contributed by atoms with Crippen LogP contribution in [0, 0.1) is 5.41 Å². The summed E-state index contributed by atoms with van der Waals surface area (Å²) in [5.41, 5.74) is 0.396. The molecular formula is C13H24N2O. The van der Waals surface area contributed by atoms with Gasteiger partial charge >= 0.3 is 0 Å². The first-order valence-electron chi connectivity index (χ1n) is 6.62. The van der Waals surface area contributed by atoms with E-state index in [2.05, 4.69) is 24.1 Å². The van der Waals surface area contributed by atoms with E-state index >= 15 is 0 Å². The Morgan fingerprint density at radius 3 is 2.69 bits per heavy atom. The van der Waals surface area contributed by atoms with Crippen LogP contribution < -0.4 is 5.32 Å². The van der Waals surface area contributed by atoms with Crippen LogP contribution in [0.15, 0.2) is 0 Å². The predicted octanol–water partition coefficient (Wildman–Crippen LogP) is 2.12. The molecule has 0 aromatic carbocycles.